The van der Waals surface area contributed by atoms with E-state index in [0.717, 1.165) is 24.0 Å². The number of phenols is 1. The number of carbonyl (C=O) groups is 1. The fraction of sp³-hybridized carbons (Fsp3) is 0.438. The first-order chi connectivity index (χ1) is 8.50. The molecule has 1 aliphatic rings. The van der Waals surface area contributed by atoms with Gasteiger partial charge in [0.15, 0.2) is 0 Å². The first kappa shape index (κ1) is 12.9. The van der Waals surface area contributed by atoms with Gasteiger partial charge in [0.2, 0.25) is 0 Å². The van der Waals surface area contributed by atoms with Crippen molar-refractivity contribution < 1.29 is 9.90 Å². The lowest BCUT2D eigenvalue weighted by Gasteiger charge is -2.29. The Bertz CT molecular complexity index is 480. The second-order valence-corrected chi connectivity index (χ2v) is 5.30. The molecule has 1 aromatic carbocycles. The van der Waals surface area contributed by atoms with Crippen LogP contribution in [0, 0.1) is 12.8 Å². The molecule has 1 aliphatic carbocycles. The first-order valence-electron chi connectivity index (χ1n) is 6.47. The van der Waals surface area contributed by atoms with Crippen molar-refractivity contribution in [2.45, 2.75) is 39.5 Å². The van der Waals surface area contributed by atoms with Crippen molar-refractivity contribution in [3.05, 3.63) is 41.0 Å². The molecular formula is C16H20O2. The highest BCUT2D eigenvalue weighted by Gasteiger charge is 2.30. The number of rotatable bonds is 2. The highest BCUT2D eigenvalue weighted by Crippen LogP contribution is 2.41. The maximum Gasteiger partial charge on any atom is 0.133 e. The normalized spacial score (nSPS) is 23.6. The molecule has 1 unspecified atom stereocenters. The minimum absolute atomic E-state index is 0.000648. The van der Waals surface area contributed by atoms with Crippen LogP contribution in [0.15, 0.2) is 29.8 Å². The van der Waals surface area contributed by atoms with Crippen LogP contribution >= 0.6 is 0 Å². The minimum Gasteiger partial charge on any atom is -0.508 e. The van der Waals surface area contributed by atoms with Gasteiger partial charge in [0.05, 0.1) is 0 Å². The average Bonchev–Trinajstić information content (AvgIpc) is 2.28. The summed E-state index contributed by atoms with van der Waals surface area (Å²) in [5.41, 5.74) is 3.27. The van der Waals surface area contributed by atoms with Gasteiger partial charge in [-0.3, -0.25) is 4.79 Å². The van der Waals surface area contributed by atoms with Gasteiger partial charge in [-0.2, -0.15) is 0 Å². The molecule has 0 amide bonds. The zero-order valence-electron chi connectivity index (χ0n) is 11.2. The maximum absolute atomic E-state index is 11.8. The van der Waals surface area contributed by atoms with Gasteiger partial charge in [-0.1, -0.05) is 23.8 Å². The molecule has 0 fully saturated rings. The van der Waals surface area contributed by atoms with Crippen molar-refractivity contribution >= 4 is 5.78 Å². The Morgan fingerprint density at radius 3 is 2.67 bits per heavy atom. The number of hydrogen-bond acceptors (Lipinski definition) is 2. The lowest BCUT2D eigenvalue weighted by atomic mass is 9.74. The van der Waals surface area contributed by atoms with Gasteiger partial charge in [-0.05, 0) is 45.2 Å². The highest BCUT2D eigenvalue weighted by molar-refractivity contribution is 5.80. The smallest absolute Gasteiger partial charge is 0.133 e. The summed E-state index contributed by atoms with van der Waals surface area (Å²) >= 11 is 0. The van der Waals surface area contributed by atoms with Gasteiger partial charge in [-0.25, -0.2) is 0 Å². The highest BCUT2D eigenvalue weighted by atomic mass is 16.3. The SMILES string of the molecule is CC(=O)[C@@H]1CCC(C)=CC1c1c(C)cccc1O. The summed E-state index contributed by atoms with van der Waals surface area (Å²) in [6, 6.07) is 5.54. The second kappa shape index (κ2) is 4.97. The molecule has 2 rings (SSSR count). The number of aryl methyl sites for hydroxylation is 1. The van der Waals surface area contributed by atoms with Gasteiger partial charge in [-0.15, -0.1) is 0 Å². The van der Waals surface area contributed by atoms with E-state index in [1.165, 1.54) is 5.57 Å². The predicted octanol–water partition coefficient (Wildman–Crippen LogP) is 3.73. The van der Waals surface area contributed by atoms with E-state index < -0.39 is 0 Å². The molecule has 0 bridgehead atoms. The number of ketones is 1. The van der Waals surface area contributed by atoms with Crippen LogP contribution in [-0.4, -0.2) is 10.9 Å². The average molecular weight is 244 g/mol. The topological polar surface area (TPSA) is 37.3 Å². The molecule has 0 heterocycles. The Morgan fingerprint density at radius 2 is 2.06 bits per heavy atom. The summed E-state index contributed by atoms with van der Waals surface area (Å²) in [6.45, 7) is 5.74. The Morgan fingerprint density at radius 1 is 1.33 bits per heavy atom. The third-order valence-corrected chi connectivity index (χ3v) is 3.90. The molecule has 0 spiro atoms. The van der Waals surface area contributed by atoms with E-state index in [2.05, 4.69) is 13.0 Å². The van der Waals surface area contributed by atoms with Crippen LogP contribution in [0.2, 0.25) is 0 Å². The molecule has 18 heavy (non-hydrogen) atoms. The molecule has 0 aliphatic heterocycles. The van der Waals surface area contributed by atoms with Crippen molar-refractivity contribution in [1.29, 1.82) is 0 Å². The molecule has 0 radical (unpaired) electrons. The van der Waals surface area contributed by atoms with Gasteiger partial charge in [0, 0.05) is 17.4 Å². The van der Waals surface area contributed by atoms with Crippen LogP contribution in [0.1, 0.15) is 43.7 Å². The van der Waals surface area contributed by atoms with Crippen LogP contribution in [0.4, 0.5) is 0 Å². The van der Waals surface area contributed by atoms with Crippen LogP contribution in [0.25, 0.3) is 0 Å². The largest absolute Gasteiger partial charge is 0.508 e. The van der Waals surface area contributed by atoms with Crippen molar-refractivity contribution in [2.75, 3.05) is 0 Å². The summed E-state index contributed by atoms with van der Waals surface area (Å²) in [4.78, 5) is 11.8. The third kappa shape index (κ3) is 2.33. The fourth-order valence-electron chi connectivity index (χ4n) is 2.91. The predicted molar refractivity (Wildman–Crippen MR) is 72.7 cm³/mol. The standard InChI is InChI=1S/C16H20O2/c1-10-7-8-13(12(3)17)14(9-10)16-11(2)5-4-6-15(16)18/h4-6,9,13-14,18H,7-8H2,1-3H3/t13-,14?/m0/s1. The number of carbonyl (C=O) groups excluding carboxylic acids is 1. The molecule has 1 aromatic rings. The van der Waals surface area contributed by atoms with Crippen LogP contribution < -0.4 is 0 Å². The maximum atomic E-state index is 11.8. The summed E-state index contributed by atoms with van der Waals surface area (Å²) in [7, 11) is 0. The van der Waals surface area contributed by atoms with Crippen molar-refractivity contribution in [2.24, 2.45) is 5.92 Å². The summed E-state index contributed by atoms with van der Waals surface area (Å²) in [6.07, 6.45) is 4.01. The molecule has 96 valence electrons. The number of phenolic OH excluding ortho intramolecular Hbond substituents is 1. The monoisotopic (exact) mass is 244 g/mol. The fourth-order valence-corrected chi connectivity index (χ4v) is 2.91. The zero-order valence-corrected chi connectivity index (χ0v) is 11.2. The summed E-state index contributed by atoms with van der Waals surface area (Å²) in [5.74, 6) is 0.543. The van der Waals surface area contributed by atoms with Crippen molar-refractivity contribution in [3.63, 3.8) is 0 Å². The zero-order chi connectivity index (χ0) is 13.3. The number of aromatic hydroxyl groups is 1. The van der Waals surface area contributed by atoms with E-state index in [1.54, 1.807) is 13.0 Å². The number of hydrogen-bond donors (Lipinski definition) is 1. The quantitative estimate of drug-likeness (QED) is 0.805. The minimum atomic E-state index is 0.000648. The molecular weight excluding hydrogens is 224 g/mol. The molecule has 2 atom stereocenters. The van der Waals surface area contributed by atoms with E-state index >= 15 is 0 Å². The van der Waals surface area contributed by atoms with Crippen LogP contribution in [-0.2, 0) is 4.79 Å². The number of benzene rings is 1. The van der Waals surface area contributed by atoms with Crippen molar-refractivity contribution in [1.82, 2.24) is 0 Å². The molecule has 0 aromatic heterocycles. The Labute approximate surface area is 108 Å². The summed E-state index contributed by atoms with van der Waals surface area (Å²) in [5, 5.41) is 10.1. The van der Waals surface area contributed by atoms with Crippen molar-refractivity contribution in [3.8, 4) is 5.75 Å². The van der Waals surface area contributed by atoms with E-state index in [4.69, 9.17) is 0 Å². The molecule has 2 nitrogen and oxygen atoms in total. The molecule has 0 saturated heterocycles. The van der Waals surface area contributed by atoms with Gasteiger partial charge < -0.3 is 5.11 Å². The molecule has 0 saturated carbocycles. The third-order valence-electron chi connectivity index (χ3n) is 3.90. The first-order valence-corrected chi connectivity index (χ1v) is 6.47. The molecule has 1 N–H and O–H groups in total. The Hall–Kier alpha value is -1.57. The van der Waals surface area contributed by atoms with E-state index in [9.17, 15) is 9.90 Å². The van der Waals surface area contributed by atoms with E-state index in [1.807, 2.05) is 19.1 Å². The summed E-state index contributed by atoms with van der Waals surface area (Å²) < 4.78 is 0. The van der Waals surface area contributed by atoms with E-state index in [0.29, 0.717) is 5.75 Å². The van der Waals surface area contributed by atoms with Gasteiger partial charge in [0.1, 0.15) is 11.5 Å². The molecule has 2 heteroatoms. The van der Waals surface area contributed by atoms with Crippen LogP contribution in [0.5, 0.6) is 5.75 Å². The van der Waals surface area contributed by atoms with Gasteiger partial charge >= 0.3 is 0 Å². The lowest BCUT2D eigenvalue weighted by molar-refractivity contribution is -0.121. The van der Waals surface area contributed by atoms with E-state index in [-0.39, 0.29) is 17.6 Å². The Balaban J connectivity index is 2.51. The second-order valence-electron chi connectivity index (χ2n) is 5.30. The lowest BCUT2D eigenvalue weighted by Crippen LogP contribution is -2.23. The number of Topliss-reactive ketones (excluding diaryl/α,β-unsaturated/α-hetero) is 1. The number of allylic oxidation sites excluding steroid dienone is 2. The van der Waals surface area contributed by atoms with Gasteiger partial charge in [0.25, 0.3) is 0 Å². The van der Waals surface area contributed by atoms with Crippen LogP contribution in [0.3, 0.4) is 0 Å². The Kier molecular flexibility index (Phi) is 3.55.